The molecule has 0 atom stereocenters. The summed E-state index contributed by atoms with van der Waals surface area (Å²) in [5, 5.41) is 2.86. The number of sulfonamides is 1. The first-order valence-electron chi connectivity index (χ1n) is 9.39. The van der Waals surface area contributed by atoms with Gasteiger partial charge in [-0.15, -0.1) is 6.58 Å². The number of rotatable bonds is 8. The Bertz CT molecular complexity index is 1040. The molecule has 2 aromatic rings. The van der Waals surface area contributed by atoms with Crippen molar-refractivity contribution in [3.63, 3.8) is 0 Å². The Morgan fingerprint density at radius 3 is 2.17 bits per heavy atom. The van der Waals surface area contributed by atoms with Gasteiger partial charge in [0.1, 0.15) is 0 Å². The lowest BCUT2D eigenvalue weighted by atomic mass is 10.1. The molecule has 2 aromatic carbocycles. The van der Waals surface area contributed by atoms with E-state index in [0.29, 0.717) is 0 Å². The van der Waals surface area contributed by atoms with Crippen molar-refractivity contribution in [3.05, 3.63) is 71.3 Å². The molecule has 0 bridgehead atoms. The second kappa shape index (κ2) is 9.69. The largest absolute Gasteiger partial charge is 0.332 e. The van der Waals surface area contributed by atoms with Gasteiger partial charge in [-0.1, -0.05) is 23.8 Å². The van der Waals surface area contributed by atoms with Gasteiger partial charge in [0.25, 0.3) is 5.91 Å². The molecule has 0 fully saturated rings. The topological polar surface area (TPSA) is 95.6 Å². The number of amides is 2. The van der Waals surface area contributed by atoms with Gasteiger partial charge < -0.3 is 10.2 Å². The van der Waals surface area contributed by atoms with Crippen LogP contribution >= 0.6 is 0 Å². The Morgan fingerprint density at radius 1 is 1.07 bits per heavy atom. The van der Waals surface area contributed by atoms with Gasteiger partial charge in [0.2, 0.25) is 15.9 Å². The van der Waals surface area contributed by atoms with E-state index >= 15 is 0 Å². The molecule has 2 rings (SSSR count). The molecule has 2 amide bonds. The summed E-state index contributed by atoms with van der Waals surface area (Å²) < 4.78 is 26.6. The van der Waals surface area contributed by atoms with Crippen molar-refractivity contribution in [1.29, 1.82) is 0 Å². The molecule has 30 heavy (non-hydrogen) atoms. The predicted octanol–water partition coefficient (Wildman–Crippen LogP) is 2.79. The highest BCUT2D eigenvalue weighted by Gasteiger charge is 2.18. The van der Waals surface area contributed by atoms with Gasteiger partial charge in [-0.3, -0.25) is 9.59 Å². The van der Waals surface area contributed by atoms with Gasteiger partial charge in [0, 0.05) is 24.8 Å². The first kappa shape index (κ1) is 23.3. The molecule has 0 heterocycles. The Kier molecular flexibility index (Phi) is 7.53. The molecule has 2 N–H and O–H groups in total. The molecule has 0 saturated carbocycles. The fourth-order valence-electron chi connectivity index (χ4n) is 3.09. The summed E-state index contributed by atoms with van der Waals surface area (Å²) in [5.74, 6) is -0.695. The van der Waals surface area contributed by atoms with Crippen molar-refractivity contribution in [1.82, 2.24) is 9.62 Å². The third-order valence-corrected chi connectivity index (χ3v) is 5.94. The van der Waals surface area contributed by atoms with Crippen LogP contribution in [-0.4, -0.2) is 45.3 Å². The number of carbonyl (C=O) groups is 2. The van der Waals surface area contributed by atoms with Crippen LogP contribution in [0.4, 0.5) is 5.69 Å². The predicted molar refractivity (Wildman–Crippen MR) is 118 cm³/mol. The van der Waals surface area contributed by atoms with Crippen LogP contribution in [0.3, 0.4) is 0 Å². The number of benzene rings is 2. The molecule has 0 aliphatic rings. The first-order valence-corrected chi connectivity index (χ1v) is 10.9. The summed E-state index contributed by atoms with van der Waals surface area (Å²) in [4.78, 5) is 26.4. The quantitative estimate of drug-likeness (QED) is 0.631. The van der Waals surface area contributed by atoms with Gasteiger partial charge in [0.05, 0.1) is 11.4 Å². The molecule has 0 spiro atoms. The van der Waals surface area contributed by atoms with Crippen molar-refractivity contribution < 1.29 is 18.0 Å². The van der Waals surface area contributed by atoms with Crippen LogP contribution in [0.5, 0.6) is 0 Å². The summed E-state index contributed by atoms with van der Waals surface area (Å²) in [6.07, 6.45) is 1.44. The number of likely N-dealkylation sites (N-methyl/N-ethyl adjacent to an activating group) is 1. The summed E-state index contributed by atoms with van der Waals surface area (Å²) in [6.45, 7) is 9.28. The second-order valence-corrected chi connectivity index (χ2v) is 8.92. The molecular weight excluding hydrogens is 402 g/mol. The number of nitrogens with one attached hydrogen (secondary N) is 2. The van der Waals surface area contributed by atoms with E-state index in [2.05, 4.69) is 16.6 Å². The molecule has 0 radical (unpaired) electrons. The standard InChI is InChI=1S/C22H27N3O4S/c1-6-11-23-30(28,29)19-9-7-18(8-10-19)22(27)25(5)14-20(26)24-21-16(3)12-15(2)13-17(21)4/h6-10,12-13,23H,1,11,14H2,2-5H3,(H,24,26). The van der Waals surface area contributed by atoms with E-state index in [4.69, 9.17) is 0 Å². The Morgan fingerprint density at radius 2 is 1.63 bits per heavy atom. The smallest absolute Gasteiger partial charge is 0.254 e. The van der Waals surface area contributed by atoms with E-state index < -0.39 is 10.0 Å². The monoisotopic (exact) mass is 429 g/mol. The number of aryl methyl sites for hydroxylation is 3. The number of anilines is 1. The normalized spacial score (nSPS) is 11.1. The van der Waals surface area contributed by atoms with Crippen LogP contribution in [0, 0.1) is 20.8 Å². The van der Waals surface area contributed by atoms with Gasteiger partial charge in [-0.2, -0.15) is 0 Å². The maximum Gasteiger partial charge on any atom is 0.254 e. The zero-order valence-electron chi connectivity index (χ0n) is 17.7. The molecule has 0 aliphatic carbocycles. The van der Waals surface area contributed by atoms with E-state index in [1.165, 1.54) is 42.3 Å². The molecule has 0 aromatic heterocycles. The molecule has 0 saturated heterocycles. The summed E-state index contributed by atoms with van der Waals surface area (Å²) in [6, 6.07) is 9.52. The molecule has 0 unspecified atom stereocenters. The van der Waals surface area contributed by atoms with Crippen molar-refractivity contribution >= 4 is 27.5 Å². The minimum absolute atomic E-state index is 0.0478. The van der Waals surface area contributed by atoms with Gasteiger partial charge in [0.15, 0.2) is 0 Å². The van der Waals surface area contributed by atoms with E-state index in [1.807, 2.05) is 32.9 Å². The van der Waals surface area contributed by atoms with Crippen LogP contribution in [0.1, 0.15) is 27.0 Å². The lowest BCUT2D eigenvalue weighted by molar-refractivity contribution is -0.116. The van der Waals surface area contributed by atoms with Gasteiger partial charge >= 0.3 is 0 Å². The van der Waals surface area contributed by atoms with Crippen LogP contribution < -0.4 is 10.0 Å². The Hall–Kier alpha value is -2.97. The van der Waals surface area contributed by atoms with E-state index in [9.17, 15) is 18.0 Å². The third kappa shape index (κ3) is 5.77. The lowest BCUT2D eigenvalue weighted by Gasteiger charge is -2.18. The third-order valence-electron chi connectivity index (χ3n) is 4.50. The second-order valence-electron chi connectivity index (χ2n) is 7.15. The summed E-state index contributed by atoms with van der Waals surface area (Å²) in [5.41, 5.74) is 4.05. The van der Waals surface area contributed by atoms with Crippen molar-refractivity contribution in [2.24, 2.45) is 0 Å². The molecule has 0 aliphatic heterocycles. The fourth-order valence-corrected chi connectivity index (χ4v) is 4.09. The van der Waals surface area contributed by atoms with E-state index in [0.717, 1.165) is 22.4 Å². The Balaban J connectivity index is 2.05. The van der Waals surface area contributed by atoms with Crippen LogP contribution in [-0.2, 0) is 14.8 Å². The number of hydrogen-bond acceptors (Lipinski definition) is 4. The number of carbonyl (C=O) groups excluding carboxylic acids is 2. The molecule has 160 valence electrons. The van der Waals surface area contributed by atoms with E-state index in [-0.39, 0.29) is 35.4 Å². The highest BCUT2D eigenvalue weighted by atomic mass is 32.2. The van der Waals surface area contributed by atoms with E-state index in [1.54, 1.807) is 0 Å². The van der Waals surface area contributed by atoms with Crippen molar-refractivity contribution in [3.8, 4) is 0 Å². The summed E-state index contributed by atoms with van der Waals surface area (Å²) >= 11 is 0. The van der Waals surface area contributed by atoms with Crippen LogP contribution in [0.25, 0.3) is 0 Å². The SMILES string of the molecule is C=CCNS(=O)(=O)c1ccc(C(=O)N(C)CC(=O)Nc2c(C)cc(C)cc2C)cc1. The number of hydrogen-bond donors (Lipinski definition) is 2. The van der Waals surface area contributed by atoms with Crippen molar-refractivity contribution in [2.75, 3.05) is 25.5 Å². The maximum absolute atomic E-state index is 12.6. The average molecular weight is 430 g/mol. The zero-order valence-corrected chi connectivity index (χ0v) is 18.5. The average Bonchev–Trinajstić information content (AvgIpc) is 2.68. The first-order chi connectivity index (χ1) is 14.0. The molecule has 8 heteroatoms. The number of nitrogens with zero attached hydrogens (tertiary/aromatic N) is 1. The fraction of sp³-hybridized carbons (Fsp3) is 0.273. The molecular formula is C22H27N3O4S. The highest BCUT2D eigenvalue weighted by Crippen LogP contribution is 2.22. The highest BCUT2D eigenvalue weighted by molar-refractivity contribution is 7.89. The lowest BCUT2D eigenvalue weighted by Crippen LogP contribution is -2.35. The van der Waals surface area contributed by atoms with Crippen LogP contribution in [0.2, 0.25) is 0 Å². The minimum Gasteiger partial charge on any atom is -0.332 e. The Labute approximate surface area is 177 Å². The zero-order chi connectivity index (χ0) is 22.5. The maximum atomic E-state index is 12.6. The summed E-state index contributed by atoms with van der Waals surface area (Å²) in [7, 11) is -2.14. The van der Waals surface area contributed by atoms with Gasteiger partial charge in [-0.25, -0.2) is 13.1 Å². The minimum atomic E-state index is -3.66. The van der Waals surface area contributed by atoms with Crippen LogP contribution in [0.15, 0.2) is 53.9 Å². The molecule has 7 nitrogen and oxygen atoms in total. The van der Waals surface area contributed by atoms with Gasteiger partial charge in [-0.05, 0) is 56.2 Å². The van der Waals surface area contributed by atoms with Crippen molar-refractivity contribution in [2.45, 2.75) is 25.7 Å².